The zero-order valence-corrected chi connectivity index (χ0v) is 3.95. The maximum atomic E-state index is 7.00. The van der Waals surface area contributed by atoms with Gasteiger partial charge < -0.3 is 10.6 Å². The lowest BCUT2D eigenvalue weighted by Crippen LogP contribution is -1.25. The summed E-state index contributed by atoms with van der Waals surface area (Å²) in [6.07, 6.45) is 0. The van der Waals surface area contributed by atoms with Gasteiger partial charge in [-0.1, -0.05) is 36.1 Å². The lowest BCUT2D eigenvalue weighted by atomic mass is 11.0. The highest BCUT2D eigenvalue weighted by atomic mass is 16.2. The second kappa shape index (κ2) is 37900. The van der Waals surface area contributed by atoms with Crippen LogP contribution in [-0.4, -0.2) is 17.7 Å². The molecule has 0 aromatic carbocycles. The van der Waals surface area contributed by atoms with Crippen LogP contribution in [0.5, 0.6) is 0 Å². The van der Waals surface area contributed by atoms with Crippen LogP contribution < -0.4 is 0 Å². The molecule has 0 heterocycles. The highest BCUT2D eigenvalue weighted by Gasteiger charge is 0.932. The van der Waals surface area contributed by atoms with Crippen molar-refractivity contribution in [1.82, 2.24) is 0 Å². The van der Waals surface area contributed by atoms with Crippen molar-refractivity contribution in [3.05, 3.63) is 0 Å². The largest absolute Gasteiger partial charge is 0.412 e. The molecule has 0 aromatic rings. The molecule has 0 aliphatic carbocycles. The molecule has 0 atom stereocenters. The average molecular weight is 128 g/mol. The molecule has 0 saturated carbocycles. The molecule has 0 rings (SSSR count). The maximum absolute atomic E-state index is 7.00. The number of aliphatic hydroxyl groups excluding tert-OH is 1. The molecule has 0 fully saturated rings. The third-order valence-electron chi connectivity index (χ3n) is 0. The molecule has 0 aliphatic rings. The van der Waals surface area contributed by atoms with E-state index in [-0.39, 0.29) is 27.8 Å². The fourth-order valence-electron chi connectivity index (χ4n) is 0. The number of hydrogen-bond acceptors (Lipinski definition) is 1. The first-order chi connectivity index (χ1) is 2.00. The van der Waals surface area contributed by atoms with Gasteiger partial charge in [-0.25, -0.2) is 0 Å². The fourth-order valence-corrected chi connectivity index (χ4v) is 0. The van der Waals surface area contributed by atoms with Crippen LogP contribution in [0, 0.1) is 0 Å². The van der Waals surface area contributed by atoms with Crippen molar-refractivity contribution in [3.8, 4) is 0 Å². The Morgan fingerprint density at radius 3 is 0.750 bits per heavy atom. The lowest BCUT2D eigenvalue weighted by Gasteiger charge is -1.21. The Bertz CT molecular complexity index is 6.49. The molecular formula is C6H24O2. The Labute approximate surface area is 54.9 Å². The number of hydrogen-bond donors (Lipinski definition) is 1. The van der Waals surface area contributed by atoms with E-state index in [0.717, 1.165) is 7.11 Å². The van der Waals surface area contributed by atoms with Gasteiger partial charge in [-0.3, -0.25) is 0 Å². The summed E-state index contributed by atoms with van der Waals surface area (Å²) in [6, 6.07) is 0. The standard InChI is InChI=1S/C2H6.CH4O.3CH4.H2O/c2*1-2;;;;/h1-2H3;2H,1H3;3*1H4;1H2. The third kappa shape index (κ3) is 22400. The van der Waals surface area contributed by atoms with E-state index in [9.17, 15) is 0 Å². The van der Waals surface area contributed by atoms with Gasteiger partial charge in [0.05, 0.1) is 0 Å². The molecule has 0 amide bonds. The summed E-state index contributed by atoms with van der Waals surface area (Å²) in [4.78, 5) is 0. The normalized spacial score (nSPS) is 1.50. The summed E-state index contributed by atoms with van der Waals surface area (Å²) in [6.45, 7) is 4.00. The van der Waals surface area contributed by atoms with Crippen LogP contribution >= 0.6 is 0 Å². The lowest BCUT2D eigenvalue weighted by molar-refractivity contribution is 0.399. The predicted molar refractivity (Wildman–Crippen MR) is 43.3 cm³/mol. The van der Waals surface area contributed by atoms with Crippen molar-refractivity contribution in [1.29, 1.82) is 0 Å². The first-order valence-corrected chi connectivity index (χ1v) is 1.45. The minimum Gasteiger partial charge on any atom is -0.412 e. The van der Waals surface area contributed by atoms with Crippen molar-refractivity contribution in [2.24, 2.45) is 0 Å². The van der Waals surface area contributed by atoms with Gasteiger partial charge in [-0.05, 0) is 0 Å². The molecule has 0 spiro atoms. The van der Waals surface area contributed by atoms with E-state index in [1.54, 1.807) is 0 Å². The van der Waals surface area contributed by atoms with E-state index in [0.29, 0.717) is 0 Å². The molecule has 0 radical (unpaired) electrons. The van der Waals surface area contributed by atoms with Gasteiger partial charge in [0, 0.05) is 7.11 Å². The fraction of sp³-hybridized carbons (Fsp3) is 1.00. The smallest absolute Gasteiger partial charge is 0.0319 e. The van der Waals surface area contributed by atoms with Crippen LogP contribution in [0.15, 0.2) is 0 Å². The summed E-state index contributed by atoms with van der Waals surface area (Å²) in [5.74, 6) is 0. The minimum atomic E-state index is 0. The van der Waals surface area contributed by atoms with E-state index in [2.05, 4.69) is 0 Å². The Kier molecular flexibility index (Phi) is 487000. The van der Waals surface area contributed by atoms with Gasteiger partial charge in [-0.15, -0.1) is 0 Å². The van der Waals surface area contributed by atoms with E-state index in [1.165, 1.54) is 0 Å². The molecule has 0 unspecified atom stereocenters. The van der Waals surface area contributed by atoms with Crippen molar-refractivity contribution < 1.29 is 10.6 Å². The van der Waals surface area contributed by atoms with Gasteiger partial charge in [0.15, 0.2) is 0 Å². The van der Waals surface area contributed by atoms with Gasteiger partial charge in [0.2, 0.25) is 0 Å². The van der Waals surface area contributed by atoms with Crippen LogP contribution in [0.1, 0.15) is 36.1 Å². The molecule has 8 heavy (non-hydrogen) atoms. The molecule has 60 valence electrons. The number of aliphatic hydroxyl groups is 1. The summed E-state index contributed by atoms with van der Waals surface area (Å²) in [5.41, 5.74) is 0. The molecular weight excluding hydrogens is 104 g/mol. The molecule has 0 bridgehead atoms. The summed E-state index contributed by atoms with van der Waals surface area (Å²) >= 11 is 0. The van der Waals surface area contributed by atoms with Crippen LogP contribution in [0.4, 0.5) is 0 Å². The predicted octanol–water partition coefficient (Wildman–Crippen LogP) is 1.72. The first-order valence-electron chi connectivity index (χ1n) is 1.45. The molecule has 3 N–H and O–H groups in total. The Morgan fingerprint density at radius 1 is 0.750 bits per heavy atom. The van der Waals surface area contributed by atoms with Gasteiger partial charge >= 0.3 is 0 Å². The zero-order valence-electron chi connectivity index (χ0n) is 3.95. The Morgan fingerprint density at radius 2 is 0.750 bits per heavy atom. The van der Waals surface area contributed by atoms with Crippen LogP contribution in [0.2, 0.25) is 0 Å². The third-order valence-corrected chi connectivity index (χ3v) is 0. The van der Waals surface area contributed by atoms with Crippen molar-refractivity contribution in [3.63, 3.8) is 0 Å². The zero-order chi connectivity index (χ0) is 4.00. The van der Waals surface area contributed by atoms with Crippen molar-refractivity contribution >= 4 is 0 Å². The number of rotatable bonds is 0. The Hall–Kier alpha value is -0.0800. The quantitative estimate of drug-likeness (QED) is 0.530. The molecule has 0 saturated heterocycles. The van der Waals surface area contributed by atoms with E-state index < -0.39 is 0 Å². The second-order valence-electron chi connectivity index (χ2n) is 0. The topological polar surface area (TPSA) is 51.7 Å². The van der Waals surface area contributed by atoms with E-state index >= 15 is 0 Å². The molecule has 0 aromatic heterocycles. The van der Waals surface area contributed by atoms with Gasteiger partial charge in [-0.2, -0.15) is 0 Å². The minimum absolute atomic E-state index is 0. The molecule has 2 nitrogen and oxygen atoms in total. The molecule has 0 aliphatic heterocycles. The summed E-state index contributed by atoms with van der Waals surface area (Å²) in [5, 5.41) is 7.00. The Balaban J connectivity index is -0.00000000167. The highest BCUT2D eigenvalue weighted by Crippen LogP contribution is 1.14. The SMILES string of the molecule is C.C.C.CC.CO.O. The monoisotopic (exact) mass is 128 g/mol. The van der Waals surface area contributed by atoms with E-state index in [4.69, 9.17) is 5.11 Å². The van der Waals surface area contributed by atoms with Gasteiger partial charge in [0.1, 0.15) is 0 Å². The van der Waals surface area contributed by atoms with Crippen LogP contribution in [0.25, 0.3) is 0 Å². The summed E-state index contributed by atoms with van der Waals surface area (Å²) in [7, 11) is 1.00. The highest BCUT2D eigenvalue weighted by molar-refractivity contribution is 3.50. The second-order valence-corrected chi connectivity index (χ2v) is 0. The van der Waals surface area contributed by atoms with Gasteiger partial charge in [0.25, 0.3) is 0 Å². The van der Waals surface area contributed by atoms with Crippen LogP contribution in [0.3, 0.4) is 0 Å². The van der Waals surface area contributed by atoms with E-state index in [1.807, 2.05) is 13.8 Å². The van der Waals surface area contributed by atoms with Crippen molar-refractivity contribution in [2.45, 2.75) is 36.1 Å². The van der Waals surface area contributed by atoms with Crippen LogP contribution in [-0.2, 0) is 0 Å². The van der Waals surface area contributed by atoms with Crippen molar-refractivity contribution in [2.75, 3.05) is 7.11 Å². The summed E-state index contributed by atoms with van der Waals surface area (Å²) < 4.78 is 0. The first kappa shape index (κ1) is 103. The average Bonchev–Trinajstić information content (AvgIpc) is 1.50. The maximum Gasteiger partial charge on any atom is 0.0319 e. The molecule has 2 heteroatoms.